The van der Waals surface area contributed by atoms with Crippen molar-refractivity contribution in [3.8, 4) is 0 Å². The lowest BCUT2D eigenvalue weighted by Gasteiger charge is -2.31. The van der Waals surface area contributed by atoms with Crippen molar-refractivity contribution in [1.82, 2.24) is 15.3 Å². The number of anilines is 1. The van der Waals surface area contributed by atoms with Gasteiger partial charge < -0.3 is 15.4 Å². The molecule has 0 unspecified atom stereocenters. The average Bonchev–Trinajstić information content (AvgIpc) is 3.01. The molecule has 0 saturated heterocycles. The Hall–Kier alpha value is -1.89. The number of fused-ring (bicyclic) bond motifs is 3. The zero-order chi connectivity index (χ0) is 19.7. The van der Waals surface area contributed by atoms with E-state index in [-0.39, 0.29) is 12.1 Å². The van der Waals surface area contributed by atoms with Crippen LogP contribution in [0.1, 0.15) is 69.7 Å². The number of ether oxygens (including phenoxy) is 1. The van der Waals surface area contributed by atoms with Gasteiger partial charge in [0.1, 0.15) is 22.6 Å². The maximum Gasteiger partial charge on any atom is 0.407 e. The van der Waals surface area contributed by atoms with Gasteiger partial charge in [-0.25, -0.2) is 14.8 Å². The van der Waals surface area contributed by atoms with Crippen molar-refractivity contribution in [2.75, 3.05) is 5.32 Å². The molecule has 1 saturated carbocycles. The maximum atomic E-state index is 12.0. The van der Waals surface area contributed by atoms with Crippen LogP contribution in [0.5, 0.6) is 0 Å². The van der Waals surface area contributed by atoms with Gasteiger partial charge >= 0.3 is 6.09 Å². The highest BCUT2D eigenvalue weighted by atomic mass is 32.1. The van der Waals surface area contributed by atoms with Crippen LogP contribution in [0.2, 0.25) is 0 Å². The molecule has 2 N–H and O–H groups in total. The number of nitrogens with zero attached hydrogens (tertiary/aromatic N) is 2. The van der Waals surface area contributed by atoms with Gasteiger partial charge in [0.25, 0.3) is 0 Å². The smallest absolute Gasteiger partial charge is 0.407 e. The number of aromatic nitrogens is 2. The Kier molecular flexibility index (Phi) is 5.45. The van der Waals surface area contributed by atoms with Crippen molar-refractivity contribution in [3.63, 3.8) is 0 Å². The fourth-order valence-electron chi connectivity index (χ4n) is 4.25. The molecule has 2 aromatic rings. The summed E-state index contributed by atoms with van der Waals surface area (Å²) in [5.74, 6) is 0.993. The van der Waals surface area contributed by atoms with Crippen LogP contribution in [-0.2, 0) is 17.6 Å². The molecule has 0 aromatic carbocycles. The first-order valence-electron chi connectivity index (χ1n) is 10.4. The number of amides is 1. The normalized spacial score (nSPS) is 22.5. The lowest BCUT2D eigenvalue weighted by atomic mass is 9.91. The van der Waals surface area contributed by atoms with Crippen molar-refractivity contribution < 1.29 is 9.53 Å². The second-order valence-electron chi connectivity index (χ2n) is 8.95. The third kappa shape index (κ3) is 4.40. The summed E-state index contributed by atoms with van der Waals surface area (Å²) in [4.78, 5) is 23.7. The second-order valence-corrected chi connectivity index (χ2v) is 10.0. The molecule has 1 amide bonds. The van der Waals surface area contributed by atoms with E-state index in [0.29, 0.717) is 6.04 Å². The van der Waals surface area contributed by atoms with Gasteiger partial charge in [0, 0.05) is 17.0 Å². The molecule has 2 aliphatic carbocycles. The Balaban J connectivity index is 1.38. The summed E-state index contributed by atoms with van der Waals surface area (Å²) >= 11 is 1.84. The standard InChI is InChI=1S/C21H30N4O2S/c1-21(2,3)27-20(26)25-14-10-8-13(9-11-14)24-18-17-15-6-4-5-7-16(15)28-19(17)23-12-22-18/h12-14H,4-11H2,1-3H3,(H,25,26)(H,22,23,24). The minimum Gasteiger partial charge on any atom is -0.444 e. The second kappa shape index (κ2) is 7.85. The van der Waals surface area contributed by atoms with Crippen LogP contribution < -0.4 is 10.6 Å². The van der Waals surface area contributed by atoms with Crippen LogP contribution in [-0.4, -0.2) is 33.7 Å². The van der Waals surface area contributed by atoms with Gasteiger partial charge in [-0.3, -0.25) is 0 Å². The zero-order valence-electron chi connectivity index (χ0n) is 17.0. The molecule has 152 valence electrons. The average molecular weight is 403 g/mol. The third-order valence-corrected chi connectivity index (χ3v) is 6.74. The molecule has 4 rings (SSSR count). The lowest BCUT2D eigenvalue weighted by molar-refractivity contribution is 0.0492. The van der Waals surface area contributed by atoms with E-state index >= 15 is 0 Å². The number of hydrogen-bond acceptors (Lipinski definition) is 6. The number of rotatable bonds is 3. The van der Waals surface area contributed by atoms with Gasteiger partial charge in [-0.05, 0) is 77.7 Å². The lowest BCUT2D eigenvalue weighted by Crippen LogP contribution is -2.42. The number of carbonyl (C=O) groups is 1. The van der Waals surface area contributed by atoms with Gasteiger partial charge in [-0.15, -0.1) is 11.3 Å². The number of thiophene rings is 1. The molecular formula is C21H30N4O2S. The summed E-state index contributed by atoms with van der Waals surface area (Å²) in [5, 5.41) is 7.94. The molecule has 0 aliphatic heterocycles. The highest BCUT2D eigenvalue weighted by Gasteiger charge is 2.26. The molecule has 0 atom stereocenters. The first kappa shape index (κ1) is 19.4. The minimum atomic E-state index is -0.457. The Bertz CT molecular complexity index is 850. The van der Waals surface area contributed by atoms with Crippen LogP contribution in [0.15, 0.2) is 6.33 Å². The number of nitrogens with one attached hydrogen (secondary N) is 2. The van der Waals surface area contributed by atoms with E-state index in [1.807, 2.05) is 32.1 Å². The third-order valence-electron chi connectivity index (χ3n) is 5.54. The van der Waals surface area contributed by atoms with Gasteiger partial charge in [0.2, 0.25) is 0 Å². The molecule has 2 aromatic heterocycles. The van der Waals surface area contributed by atoms with Crippen LogP contribution in [0.3, 0.4) is 0 Å². The van der Waals surface area contributed by atoms with Crippen molar-refractivity contribution >= 4 is 33.5 Å². The van der Waals surface area contributed by atoms with Crippen LogP contribution in [0.4, 0.5) is 10.6 Å². The molecule has 0 bridgehead atoms. The maximum absolute atomic E-state index is 12.0. The van der Waals surface area contributed by atoms with E-state index in [4.69, 9.17) is 4.74 Å². The fraction of sp³-hybridized carbons (Fsp3) is 0.667. The molecule has 28 heavy (non-hydrogen) atoms. The van der Waals surface area contributed by atoms with Crippen molar-refractivity contribution in [1.29, 1.82) is 0 Å². The molecule has 2 heterocycles. The Labute approximate surface area is 170 Å². The Morgan fingerprint density at radius 1 is 1.11 bits per heavy atom. The monoisotopic (exact) mass is 402 g/mol. The number of alkyl carbamates (subject to hydrolysis) is 1. The molecule has 7 heteroatoms. The summed E-state index contributed by atoms with van der Waals surface area (Å²) in [6.45, 7) is 5.66. The Morgan fingerprint density at radius 3 is 2.57 bits per heavy atom. The zero-order valence-corrected chi connectivity index (χ0v) is 17.8. The summed E-state index contributed by atoms with van der Waals surface area (Å²) in [5.41, 5.74) is 1.01. The van der Waals surface area contributed by atoms with E-state index in [0.717, 1.165) is 42.8 Å². The van der Waals surface area contributed by atoms with E-state index < -0.39 is 5.60 Å². The quantitative estimate of drug-likeness (QED) is 0.770. The summed E-state index contributed by atoms with van der Waals surface area (Å²) < 4.78 is 5.37. The Morgan fingerprint density at radius 2 is 1.82 bits per heavy atom. The van der Waals surface area contributed by atoms with Gasteiger partial charge in [0.15, 0.2) is 0 Å². The van der Waals surface area contributed by atoms with E-state index in [1.54, 1.807) is 6.33 Å². The molecule has 1 fully saturated rings. The molecule has 2 aliphatic rings. The fourth-order valence-corrected chi connectivity index (χ4v) is 5.48. The number of hydrogen-bond donors (Lipinski definition) is 2. The van der Waals surface area contributed by atoms with Crippen LogP contribution >= 0.6 is 11.3 Å². The highest BCUT2D eigenvalue weighted by Crippen LogP contribution is 2.38. The topological polar surface area (TPSA) is 76.1 Å². The van der Waals surface area contributed by atoms with Crippen LogP contribution in [0.25, 0.3) is 10.2 Å². The molecular weight excluding hydrogens is 372 g/mol. The number of aryl methyl sites for hydroxylation is 2. The first-order valence-corrected chi connectivity index (χ1v) is 11.2. The van der Waals surface area contributed by atoms with Crippen molar-refractivity contribution in [2.24, 2.45) is 0 Å². The van der Waals surface area contributed by atoms with E-state index in [9.17, 15) is 4.79 Å². The van der Waals surface area contributed by atoms with Crippen molar-refractivity contribution in [3.05, 3.63) is 16.8 Å². The van der Waals surface area contributed by atoms with Gasteiger partial charge in [-0.2, -0.15) is 0 Å². The minimum absolute atomic E-state index is 0.187. The summed E-state index contributed by atoms with van der Waals surface area (Å²) in [6, 6.07) is 0.571. The largest absolute Gasteiger partial charge is 0.444 e. The summed E-state index contributed by atoms with van der Waals surface area (Å²) in [6.07, 6.45) is 10.2. The first-order chi connectivity index (χ1) is 13.4. The van der Waals surface area contributed by atoms with Gasteiger partial charge in [-0.1, -0.05) is 0 Å². The highest BCUT2D eigenvalue weighted by molar-refractivity contribution is 7.19. The predicted octanol–water partition coefficient (Wildman–Crippen LogP) is 4.82. The predicted molar refractivity (Wildman–Crippen MR) is 113 cm³/mol. The van der Waals surface area contributed by atoms with E-state index in [2.05, 4.69) is 20.6 Å². The number of carbonyl (C=O) groups excluding carboxylic acids is 1. The molecule has 6 nitrogen and oxygen atoms in total. The van der Waals surface area contributed by atoms with E-state index in [1.165, 1.54) is 35.1 Å². The SMILES string of the molecule is CC(C)(C)OC(=O)NC1CCC(Nc2ncnc3sc4c(c23)CCCC4)CC1. The molecule has 0 radical (unpaired) electrons. The molecule has 0 spiro atoms. The summed E-state index contributed by atoms with van der Waals surface area (Å²) in [7, 11) is 0. The van der Waals surface area contributed by atoms with Crippen molar-refractivity contribution in [2.45, 2.75) is 89.8 Å². The van der Waals surface area contributed by atoms with Gasteiger partial charge in [0.05, 0.1) is 5.39 Å². The van der Waals surface area contributed by atoms with Crippen LogP contribution in [0, 0.1) is 0 Å².